The Bertz CT molecular complexity index is 508. The highest BCUT2D eigenvalue weighted by molar-refractivity contribution is 5.35. The van der Waals surface area contributed by atoms with Gasteiger partial charge in [0.1, 0.15) is 0 Å². The van der Waals surface area contributed by atoms with Crippen molar-refractivity contribution in [3.63, 3.8) is 0 Å². The zero-order valence-corrected chi connectivity index (χ0v) is 8.24. The molecule has 72 valence electrons. The summed E-state index contributed by atoms with van der Waals surface area (Å²) in [6, 6.07) is 7.85. The molecule has 0 atom stereocenters. The highest BCUT2D eigenvalue weighted by Gasteiger charge is 2.01. The summed E-state index contributed by atoms with van der Waals surface area (Å²) in [4.78, 5) is 14.2. The molecule has 0 fully saturated rings. The Hall–Kier alpha value is -1.77. The van der Waals surface area contributed by atoms with Crippen LogP contribution in [0.4, 0.5) is 0 Å². The number of hydrogen-bond acceptors (Lipinski definition) is 1. The number of benzene rings is 1. The molecule has 1 heterocycles. The average Bonchev–Trinajstić information content (AvgIpc) is 2.45. The molecular formula is C11H12N2O. The zero-order valence-electron chi connectivity index (χ0n) is 8.24. The van der Waals surface area contributed by atoms with Gasteiger partial charge in [-0.3, -0.25) is 4.57 Å². The SMILES string of the molecule is Cc1cccc(-n2cc(C)[nH]c2=O)c1. The van der Waals surface area contributed by atoms with E-state index in [-0.39, 0.29) is 5.69 Å². The maximum absolute atomic E-state index is 11.5. The molecule has 3 heteroatoms. The Morgan fingerprint density at radius 1 is 1.29 bits per heavy atom. The Balaban J connectivity index is 2.60. The maximum atomic E-state index is 11.5. The Labute approximate surface area is 82.0 Å². The molecule has 0 amide bonds. The number of aromatic nitrogens is 2. The molecule has 0 bridgehead atoms. The van der Waals surface area contributed by atoms with Crippen LogP contribution in [-0.4, -0.2) is 9.55 Å². The smallest absolute Gasteiger partial charge is 0.310 e. The van der Waals surface area contributed by atoms with Crippen LogP contribution in [0.5, 0.6) is 0 Å². The lowest BCUT2D eigenvalue weighted by molar-refractivity contribution is 0.984. The van der Waals surface area contributed by atoms with Gasteiger partial charge in [0.15, 0.2) is 0 Å². The summed E-state index contributed by atoms with van der Waals surface area (Å²) in [5, 5.41) is 0. The van der Waals surface area contributed by atoms with Crippen molar-refractivity contribution < 1.29 is 0 Å². The molecule has 1 aromatic carbocycles. The van der Waals surface area contributed by atoms with E-state index < -0.39 is 0 Å². The maximum Gasteiger partial charge on any atom is 0.330 e. The van der Waals surface area contributed by atoms with Crippen molar-refractivity contribution >= 4 is 0 Å². The number of imidazole rings is 1. The quantitative estimate of drug-likeness (QED) is 0.727. The molecule has 0 aliphatic rings. The number of nitrogens with one attached hydrogen (secondary N) is 1. The van der Waals surface area contributed by atoms with Gasteiger partial charge in [-0.2, -0.15) is 0 Å². The minimum Gasteiger partial charge on any atom is -0.310 e. The Kier molecular flexibility index (Phi) is 2.00. The van der Waals surface area contributed by atoms with E-state index in [4.69, 9.17) is 0 Å². The van der Waals surface area contributed by atoms with Crippen LogP contribution < -0.4 is 5.69 Å². The lowest BCUT2D eigenvalue weighted by Gasteiger charge is -2.00. The third-order valence-corrected chi connectivity index (χ3v) is 2.13. The molecule has 0 saturated carbocycles. The fourth-order valence-electron chi connectivity index (χ4n) is 1.48. The third-order valence-electron chi connectivity index (χ3n) is 2.13. The van der Waals surface area contributed by atoms with Gasteiger partial charge in [0.25, 0.3) is 0 Å². The van der Waals surface area contributed by atoms with Crippen molar-refractivity contribution in [1.29, 1.82) is 0 Å². The van der Waals surface area contributed by atoms with Crippen LogP contribution in [-0.2, 0) is 0 Å². The second-order valence-electron chi connectivity index (χ2n) is 3.45. The third kappa shape index (κ3) is 1.48. The molecule has 0 radical (unpaired) electrons. The van der Waals surface area contributed by atoms with E-state index in [0.717, 1.165) is 16.9 Å². The van der Waals surface area contributed by atoms with E-state index >= 15 is 0 Å². The van der Waals surface area contributed by atoms with Crippen molar-refractivity contribution in [2.75, 3.05) is 0 Å². The fraction of sp³-hybridized carbons (Fsp3) is 0.182. The van der Waals surface area contributed by atoms with Crippen LogP contribution in [0, 0.1) is 13.8 Å². The first kappa shape index (κ1) is 8.81. The first-order valence-corrected chi connectivity index (χ1v) is 4.52. The molecule has 14 heavy (non-hydrogen) atoms. The summed E-state index contributed by atoms with van der Waals surface area (Å²) >= 11 is 0. The minimum atomic E-state index is -0.0897. The van der Waals surface area contributed by atoms with Crippen molar-refractivity contribution in [2.24, 2.45) is 0 Å². The number of hydrogen-bond donors (Lipinski definition) is 1. The van der Waals surface area contributed by atoms with Crippen LogP contribution in [0.15, 0.2) is 35.3 Å². The van der Waals surface area contributed by atoms with Crippen molar-refractivity contribution in [2.45, 2.75) is 13.8 Å². The number of rotatable bonds is 1. The average molecular weight is 188 g/mol. The van der Waals surface area contributed by atoms with Crippen molar-refractivity contribution in [3.05, 3.63) is 52.2 Å². The van der Waals surface area contributed by atoms with Gasteiger partial charge in [-0.05, 0) is 31.5 Å². The lowest BCUT2D eigenvalue weighted by Crippen LogP contribution is -2.13. The Morgan fingerprint density at radius 3 is 2.64 bits per heavy atom. The molecule has 0 aliphatic heterocycles. The minimum absolute atomic E-state index is 0.0897. The van der Waals surface area contributed by atoms with Crippen LogP contribution in [0.2, 0.25) is 0 Å². The van der Waals surface area contributed by atoms with Crippen LogP contribution >= 0.6 is 0 Å². The summed E-state index contributed by atoms with van der Waals surface area (Å²) in [5.41, 5.74) is 2.83. The van der Waals surface area contributed by atoms with Gasteiger partial charge in [-0.1, -0.05) is 12.1 Å². The molecule has 0 unspecified atom stereocenters. The van der Waals surface area contributed by atoms with Crippen LogP contribution in [0.1, 0.15) is 11.3 Å². The topological polar surface area (TPSA) is 37.8 Å². The van der Waals surface area contributed by atoms with E-state index in [1.54, 1.807) is 10.8 Å². The Morgan fingerprint density at radius 2 is 2.07 bits per heavy atom. The predicted molar refractivity (Wildman–Crippen MR) is 55.9 cm³/mol. The zero-order chi connectivity index (χ0) is 10.1. The highest BCUT2D eigenvalue weighted by atomic mass is 16.1. The van der Waals surface area contributed by atoms with Gasteiger partial charge < -0.3 is 4.98 Å². The summed E-state index contributed by atoms with van der Waals surface area (Å²) in [6.45, 7) is 3.88. The van der Waals surface area contributed by atoms with Crippen LogP contribution in [0.3, 0.4) is 0 Å². The molecule has 0 aliphatic carbocycles. The van der Waals surface area contributed by atoms with E-state index in [2.05, 4.69) is 4.98 Å². The van der Waals surface area contributed by atoms with E-state index in [1.807, 2.05) is 38.1 Å². The second-order valence-corrected chi connectivity index (χ2v) is 3.45. The molecule has 0 saturated heterocycles. The summed E-state index contributed by atoms with van der Waals surface area (Å²) < 4.78 is 1.61. The molecule has 2 aromatic rings. The lowest BCUT2D eigenvalue weighted by atomic mass is 10.2. The molecular weight excluding hydrogens is 176 g/mol. The summed E-state index contributed by atoms with van der Waals surface area (Å²) in [5.74, 6) is 0. The predicted octanol–water partition coefficient (Wildman–Crippen LogP) is 1.78. The standard InChI is InChI=1S/C11H12N2O/c1-8-4-3-5-10(6-8)13-7-9(2)12-11(13)14/h3-7H,1-2H3,(H,12,14). The molecule has 2 rings (SSSR count). The van der Waals surface area contributed by atoms with E-state index in [0.29, 0.717) is 0 Å². The highest BCUT2D eigenvalue weighted by Crippen LogP contribution is 2.07. The monoisotopic (exact) mass is 188 g/mol. The number of nitrogens with zero attached hydrogens (tertiary/aromatic N) is 1. The van der Waals surface area contributed by atoms with Gasteiger partial charge in [0.2, 0.25) is 0 Å². The second kappa shape index (κ2) is 3.18. The number of aryl methyl sites for hydroxylation is 2. The van der Waals surface area contributed by atoms with Crippen LogP contribution in [0.25, 0.3) is 5.69 Å². The number of aromatic amines is 1. The van der Waals surface area contributed by atoms with Gasteiger partial charge in [-0.25, -0.2) is 4.79 Å². The fourth-order valence-corrected chi connectivity index (χ4v) is 1.48. The first-order chi connectivity index (χ1) is 6.66. The van der Waals surface area contributed by atoms with Crippen molar-refractivity contribution in [1.82, 2.24) is 9.55 Å². The van der Waals surface area contributed by atoms with Gasteiger partial charge >= 0.3 is 5.69 Å². The van der Waals surface area contributed by atoms with Gasteiger partial charge in [0, 0.05) is 11.9 Å². The number of H-pyrrole nitrogens is 1. The largest absolute Gasteiger partial charge is 0.330 e. The van der Waals surface area contributed by atoms with E-state index in [9.17, 15) is 4.79 Å². The summed E-state index contributed by atoms with van der Waals surface area (Å²) in [6.07, 6.45) is 1.80. The van der Waals surface area contributed by atoms with Crippen molar-refractivity contribution in [3.8, 4) is 5.69 Å². The first-order valence-electron chi connectivity index (χ1n) is 4.52. The normalized spacial score (nSPS) is 10.4. The van der Waals surface area contributed by atoms with E-state index in [1.165, 1.54) is 0 Å². The molecule has 1 aromatic heterocycles. The molecule has 3 nitrogen and oxygen atoms in total. The van der Waals surface area contributed by atoms with Gasteiger partial charge in [-0.15, -0.1) is 0 Å². The molecule has 1 N–H and O–H groups in total. The molecule has 0 spiro atoms. The summed E-state index contributed by atoms with van der Waals surface area (Å²) in [7, 11) is 0. The van der Waals surface area contributed by atoms with Gasteiger partial charge in [0.05, 0.1) is 5.69 Å².